The molecule has 16 aliphatic carbocycles. The van der Waals surface area contributed by atoms with Gasteiger partial charge in [0.2, 0.25) is 0 Å². The molecule has 0 radical (unpaired) electrons. The molecule has 0 heterocycles. The predicted octanol–water partition coefficient (Wildman–Crippen LogP) is 28.6. The number of hydrogen-bond donors (Lipinski definition) is 0. The molecule has 616 valence electrons. The van der Waals surface area contributed by atoms with Gasteiger partial charge in [0.1, 0.15) is 23.1 Å². The lowest BCUT2D eigenvalue weighted by Gasteiger charge is -2.49. The third-order valence-electron chi connectivity index (χ3n) is 37.8. The van der Waals surface area contributed by atoms with Crippen molar-refractivity contribution in [1.82, 2.24) is 0 Å². The number of hydrogen-bond acceptors (Lipinski definition) is 4. The van der Waals surface area contributed by atoms with Crippen molar-refractivity contribution in [2.45, 2.75) is 355 Å². The Labute approximate surface area is 676 Å². The fourth-order valence-corrected chi connectivity index (χ4v) is 30.7. The summed E-state index contributed by atoms with van der Waals surface area (Å²) in [7, 11) is 0. The summed E-state index contributed by atoms with van der Waals surface area (Å²) in [4.78, 5) is 47.6. The van der Waals surface area contributed by atoms with Crippen molar-refractivity contribution in [2.75, 3.05) is 0 Å². The van der Waals surface area contributed by atoms with E-state index < -0.39 is 0 Å². The van der Waals surface area contributed by atoms with Crippen LogP contribution in [0.3, 0.4) is 0 Å². The molecule has 0 aliphatic heterocycles. The molecular formula is C106H168O4. The first-order valence-electron chi connectivity index (χ1n) is 49.1. The zero-order valence-corrected chi connectivity index (χ0v) is 73.9. The van der Waals surface area contributed by atoms with E-state index in [0.29, 0.717) is 29.1 Å². The van der Waals surface area contributed by atoms with Crippen LogP contribution < -0.4 is 0 Å². The van der Waals surface area contributed by atoms with Gasteiger partial charge in [0.25, 0.3) is 0 Å². The van der Waals surface area contributed by atoms with Crippen LogP contribution in [0, 0.1) is 213 Å². The second kappa shape index (κ2) is 38.2. The average molecular weight is 1510 g/mol. The molecule has 0 spiro atoms. The number of fused-ring (bicyclic) bond motifs is 20. The minimum Gasteiger partial charge on any atom is -0.299 e. The summed E-state index contributed by atoms with van der Waals surface area (Å²) in [6.45, 7) is 38.6. The van der Waals surface area contributed by atoms with Crippen molar-refractivity contribution in [1.29, 1.82) is 0 Å². The predicted molar refractivity (Wildman–Crippen MR) is 463 cm³/mol. The standard InChI is InChI=1S/C27H44O.C27H42O.C26H42O.C26H40O/c2*1-5-19(17(2)3)7-6-18(4)22-12-13-27-24(22)14-15-25-23-11-9-21(28)16-20(23)8-10-26(25)27;2*1-16(2)17(3)5-6-18(4)21-11-12-26-23(21)13-14-24-22-10-8-20(27)15-19(22)7-9-25(24)26/h8,17-19,22-27H,5-7,9-16H2,1-4H3;6-8,17-19,22-27H,5,9-16H2,1-4H3;7,16-18,21-26H,5-6,8-15H2,1-4H3;5-7,16-18,21-26H,8-15H2,1-4H3/b;7-6+;;6-5+. The van der Waals surface area contributed by atoms with E-state index in [9.17, 15) is 19.2 Å². The van der Waals surface area contributed by atoms with Gasteiger partial charge in [-0.15, -0.1) is 0 Å². The van der Waals surface area contributed by atoms with Gasteiger partial charge in [-0.1, -0.05) is 207 Å². The largest absolute Gasteiger partial charge is 0.299 e. The molecule has 4 nitrogen and oxygen atoms in total. The highest BCUT2D eigenvalue weighted by Crippen LogP contribution is 2.64. The third kappa shape index (κ3) is 19.0. The Morgan fingerprint density at radius 1 is 0.291 bits per heavy atom. The van der Waals surface area contributed by atoms with Gasteiger partial charge in [-0.3, -0.25) is 19.2 Å². The highest BCUT2D eigenvalue weighted by Gasteiger charge is 2.56. The Morgan fingerprint density at radius 3 is 0.909 bits per heavy atom. The first-order chi connectivity index (χ1) is 52.9. The number of carbonyl (C=O) groups excluding carboxylic acids is 4. The summed E-state index contributed by atoms with van der Waals surface area (Å²) < 4.78 is 0. The summed E-state index contributed by atoms with van der Waals surface area (Å²) in [5.41, 5.74) is 6.13. The lowest BCUT2D eigenvalue weighted by Crippen LogP contribution is -2.41. The van der Waals surface area contributed by atoms with Gasteiger partial charge in [0, 0.05) is 51.4 Å². The summed E-state index contributed by atoms with van der Waals surface area (Å²) >= 11 is 0. The van der Waals surface area contributed by atoms with Crippen LogP contribution in [0.15, 0.2) is 70.9 Å². The molecule has 0 aromatic carbocycles. The highest BCUT2D eigenvalue weighted by atomic mass is 16.1. The molecule has 0 N–H and O–H groups in total. The molecule has 12 saturated carbocycles. The Hall–Kier alpha value is -2.88. The van der Waals surface area contributed by atoms with Crippen molar-refractivity contribution in [3.05, 3.63) is 70.9 Å². The van der Waals surface area contributed by atoms with Gasteiger partial charge in [-0.05, 0) is 380 Å². The van der Waals surface area contributed by atoms with Crippen molar-refractivity contribution < 1.29 is 19.2 Å². The van der Waals surface area contributed by atoms with Gasteiger partial charge in [0.15, 0.2) is 0 Å². The molecule has 0 bridgehead atoms. The van der Waals surface area contributed by atoms with E-state index in [1.807, 2.05) is 0 Å². The Kier molecular flexibility index (Phi) is 29.6. The average Bonchev–Trinajstić information content (AvgIpc) is 1.51. The summed E-state index contributed by atoms with van der Waals surface area (Å²) in [5, 5.41) is 0. The summed E-state index contributed by atoms with van der Waals surface area (Å²) in [6.07, 6.45) is 68.3. The molecule has 0 aromatic rings. The minimum atomic E-state index is 0.488. The highest BCUT2D eigenvalue weighted by molar-refractivity contribution is 5.84. The topological polar surface area (TPSA) is 68.3 Å². The van der Waals surface area contributed by atoms with Crippen LogP contribution in [0.4, 0.5) is 0 Å². The number of allylic oxidation sites excluding steroid dienone is 12. The van der Waals surface area contributed by atoms with Crippen LogP contribution in [-0.2, 0) is 19.2 Å². The zero-order chi connectivity index (χ0) is 77.9. The molecule has 16 rings (SSSR count). The summed E-state index contributed by atoms with van der Waals surface area (Å²) in [5.74, 6) is 33.7. The van der Waals surface area contributed by atoms with E-state index in [4.69, 9.17) is 0 Å². The second-order valence-corrected chi connectivity index (χ2v) is 44.0. The van der Waals surface area contributed by atoms with Crippen LogP contribution in [0.25, 0.3) is 0 Å². The summed E-state index contributed by atoms with van der Waals surface area (Å²) in [6, 6.07) is 0. The molecule has 110 heavy (non-hydrogen) atoms. The van der Waals surface area contributed by atoms with Crippen molar-refractivity contribution in [3.8, 4) is 0 Å². The zero-order valence-electron chi connectivity index (χ0n) is 73.9. The van der Waals surface area contributed by atoms with E-state index >= 15 is 0 Å². The number of rotatable bonds is 20. The Morgan fingerprint density at radius 2 is 0.600 bits per heavy atom. The first kappa shape index (κ1) is 85.0. The van der Waals surface area contributed by atoms with E-state index in [-0.39, 0.29) is 0 Å². The maximum Gasteiger partial charge on any atom is 0.136 e. The molecule has 0 saturated heterocycles. The molecule has 0 amide bonds. The van der Waals surface area contributed by atoms with Gasteiger partial charge >= 0.3 is 0 Å². The van der Waals surface area contributed by atoms with Crippen LogP contribution in [0.1, 0.15) is 355 Å². The smallest absolute Gasteiger partial charge is 0.136 e. The number of ketones is 4. The van der Waals surface area contributed by atoms with Crippen LogP contribution in [-0.4, -0.2) is 23.1 Å². The van der Waals surface area contributed by atoms with Crippen LogP contribution in [0.5, 0.6) is 0 Å². The van der Waals surface area contributed by atoms with Gasteiger partial charge in [-0.25, -0.2) is 0 Å². The van der Waals surface area contributed by atoms with E-state index in [1.54, 1.807) is 0 Å². The van der Waals surface area contributed by atoms with Gasteiger partial charge in [-0.2, -0.15) is 0 Å². The quantitative estimate of drug-likeness (QED) is 0.114. The van der Waals surface area contributed by atoms with Gasteiger partial charge in [0.05, 0.1) is 0 Å². The van der Waals surface area contributed by atoms with Crippen LogP contribution >= 0.6 is 0 Å². The Bertz CT molecular complexity index is 3250. The SMILES string of the molecule is CC(C)C(C)/C=C/C(C)C1CCC2C1CCC1C3CCC(=O)CC3=CCC12.CC(C)C(C)CCC(C)C1CCC2C1CCC1C3CCC(=O)CC3=CCC12.CCC(/C=C/C(C)C1CCC2C1CCC1C3CCC(=O)CC3=CCC12)C(C)C.CCC(CCC(C)C1CCC2C1CCC1C3CCC(=O)CC3=CCC12)C(C)C. The van der Waals surface area contributed by atoms with Crippen molar-refractivity contribution in [3.63, 3.8) is 0 Å². The fraction of sp³-hybridized carbons (Fsp3) is 0.849. The van der Waals surface area contributed by atoms with E-state index in [2.05, 4.69) is 159 Å². The van der Waals surface area contributed by atoms with E-state index in [1.165, 1.54) is 189 Å². The second-order valence-electron chi connectivity index (χ2n) is 44.0. The maximum atomic E-state index is 11.9. The van der Waals surface area contributed by atoms with Gasteiger partial charge < -0.3 is 0 Å². The lowest BCUT2D eigenvalue weighted by molar-refractivity contribution is -0.121. The molecule has 16 aliphatic rings. The molecule has 32 unspecified atom stereocenters. The third-order valence-corrected chi connectivity index (χ3v) is 37.8. The molecule has 12 fully saturated rings. The van der Waals surface area contributed by atoms with Crippen molar-refractivity contribution >= 4 is 23.1 Å². The Balaban J connectivity index is 0.000000129. The lowest BCUT2D eigenvalue weighted by atomic mass is 9.56. The molecule has 32 atom stereocenters. The normalized spacial score (nSPS) is 40.4. The molecule has 4 heteroatoms. The molecular weight excluding hydrogens is 1340 g/mol. The van der Waals surface area contributed by atoms with Crippen LogP contribution in [0.2, 0.25) is 0 Å². The molecule has 0 aromatic heterocycles. The van der Waals surface area contributed by atoms with Crippen molar-refractivity contribution in [2.24, 2.45) is 213 Å². The monoisotopic (exact) mass is 1510 g/mol. The maximum absolute atomic E-state index is 11.9. The fourth-order valence-electron chi connectivity index (χ4n) is 30.7. The number of Topliss-reactive ketones (excluding diaryl/α,β-unsaturated/α-hetero) is 4. The minimum absolute atomic E-state index is 0.488. The van der Waals surface area contributed by atoms with E-state index in [0.717, 1.165) is 284 Å². The number of carbonyl (C=O) groups is 4. The first-order valence-corrected chi connectivity index (χ1v) is 49.1.